The van der Waals surface area contributed by atoms with Crippen LogP contribution in [0.3, 0.4) is 0 Å². The number of rotatable bonds is 12. The van der Waals surface area contributed by atoms with E-state index < -0.39 is 6.10 Å². The molecule has 0 saturated heterocycles. The second kappa shape index (κ2) is 11.8. The Morgan fingerprint density at radius 2 is 1.48 bits per heavy atom. The van der Waals surface area contributed by atoms with Gasteiger partial charge in [0.05, 0.1) is 5.69 Å². The standard InChI is InChI=1S/C25H28N2O6/c28-16-27-24-13-22(9-10-25(24)32)33-15-21(31)14-26-12-11-23(17-1-5-19(29)6-2-17)18-3-7-20(30)8-4-18/h1-10,13,16,21,23,26,29-32H,11-12,14-15H2,(H,27,28)/t21-/m0/s1. The van der Waals surface area contributed by atoms with Gasteiger partial charge >= 0.3 is 0 Å². The Bertz CT molecular complexity index is 979. The first-order valence-corrected chi connectivity index (χ1v) is 10.6. The second-order valence-electron chi connectivity index (χ2n) is 7.63. The van der Waals surface area contributed by atoms with Gasteiger partial charge in [-0.1, -0.05) is 24.3 Å². The maximum atomic E-state index is 10.6. The number of nitrogens with one attached hydrogen (secondary N) is 2. The van der Waals surface area contributed by atoms with E-state index in [4.69, 9.17) is 4.74 Å². The third kappa shape index (κ3) is 7.13. The van der Waals surface area contributed by atoms with Crippen molar-refractivity contribution in [1.82, 2.24) is 5.32 Å². The number of phenolic OH excluding ortho intramolecular Hbond substituents is 3. The first kappa shape index (κ1) is 23.9. The van der Waals surface area contributed by atoms with Crippen LogP contribution in [0.5, 0.6) is 23.0 Å². The molecule has 33 heavy (non-hydrogen) atoms. The summed E-state index contributed by atoms with van der Waals surface area (Å²) in [6, 6.07) is 18.5. The summed E-state index contributed by atoms with van der Waals surface area (Å²) < 4.78 is 5.54. The molecule has 0 aliphatic carbocycles. The Balaban J connectivity index is 1.50. The van der Waals surface area contributed by atoms with E-state index in [-0.39, 0.29) is 35.5 Å². The number of benzene rings is 3. The molecular weight excluding hydrogens is 424 g/mol. The molecule has 3 aromatic rings. The highest BCUT2D eigenvalue weighted by molar-refractivity contribution is 5.76. The van der Waals surface area contributed by atoms with Crippen LogP contribution in [0.4, 0.5) is 5.69 Å². The molecule has 174 valence electrons. The fraction of sp³-hybridized carbons (Fsp3) is 0.240. The molecule has 0 aliphatic rings. The van der Waals surface area contributed by atoms with Gasteiger partial charge in [-0.15, -0.1) is 0 Å². The molecule has 8 heteroatoms. The smallest absolute Gasteiger partial charge is 0.211 e. The van der Waals surface area contributed by atoms with E-state index in [1.165, 1.54) is 12.1 Å². The first-order valence-electron chi connectivity index (χ1n) is 10.6. The lowest BCUT2D eigenvalue weighted by Crippen LogP contribution is -2.32. The average Bonchev–Trinajstić information content (AvgIpc) is 2.81. The van der Waals surface area contributed by atoms with Crippen molar-refractivity contribution in [1.29, 1.82) is 0 Å². The minimum Gasteiger partial charge on any atom is -0.508 e. The Kier molecular flexibility index (Phi) is 8.51. The average molecular weight is 453 g/mol. The molecule has 3 rings (SSSR count). The Hall–Kier alpha value is -3.75. The number of carbonyl (C=O) groups is 1. The van der Waals surface area contributed by atoms with E-state index in [9.17, 15) is 25.2 Å². The van der Waals surface area contributed by atoms with Gasteiger partial charge in [0.1, 0.15) is 35.7 Å². The van der Waals surface area contributed by atoms with Gasteiger partial charge in [-0.25, -0.2) is 0 Å². The zero-order chi connectivity index (χ0) is 23.6. The third-order valence-electron chi connectivity index (χ3n) is 5.21. The van der Waals surface area contributed by atoms with Crippen LogP contribution in [0.1, 0.15) is 23.5 Å². The normalized spacial score (nSPS) is 11.8. The molecule has 0 bridgehead atoms. The highest BCUT2D eigenvalue weighted by Gasteiger charge is 2.15. The van der Waals surface area contributed by atoms with Gasteiger partial charge in [0.25, 0.3) is 0 Å². The minimum atomic E-state index is -0.762. The zero-order valence-corrected chi connectivity index (χ0v) is 18.0. The molecule has 0 saturated carbocycles. The summed E-state index contributed by atoms with van der Waals surface area (Å²) >= 11 is 0. The van der Waals surface area contributed by atoms with E-state index in [0.717, 1.165) is 17.5 Å². The van der Waals surface area contributed by atoms with Crippen LogP contribution in [-0.2, 0) is 4.79 Å². The van der Waals surface area contributed by atoms with Crippen molar-refractivity contribution in [3.8, 4) is 23.0 Å². The molecule has 1 amide bonds. The molecule has 0 fully saturated rings. The number of amides is 1. The summed E-state index contributed by atoms with van der Waals surface area (Å²) in [5, 5.41) is 44.7. The monoisotopic (exact) mass is 452 g/mol. The summed E-state index contributed by atoms with van der Waals surface area (Å²) in [6.07, 6.45) is 0.435. The van der Waals surface area contributed by atoms with Crippen LogP contribution < -0.4 is 15.4 Å². The summed E-state index contributed by atoms with van der Waals surface area (Å²) in [6.45, 7) is 0.975. The molecule has 0 unspecified atom stereocenters. The lowest BCUT2D eigenvalue weighted by atomic mass is 9.88. The first-order chi connectivity index (χ1) is 16.0. The number of ether oxygens (including phenoxy) is 1. The van der Waals surface area contributed by atoms with E-state index >= 15 is 0 Å². The van der Waals surface area contributed by atoms with E-state index in [2.05, 4.69) is 10.6 Å². The second-order valence-corrected chi connectivity index (χ2v) is 7.63. The van der Waals surface area contributed by atoms with Gasteiger partial charge in [0.15, 0.2) is 0 Å². The lowest BCUT2D eigenvalue weighted by molar-refractivity contribution is -0.105. The van der Waals surface area contributed by atoms with Crippen molar-refractivity contribution in [2.75, 3.05) is 25.0 Å². The number of aromatic hydroxyl groups is 3. The van der Waals surface area contributed by atoms with Crippen LogP contribution in [-0.4, -0.2) is 52.6 Å². The van der Waals surface area contributed by atoms with Crippen molar-refractivity contribution in [3.05, 3.63) is 77.9 Å². The van der Waals surface area contributed by atoms with E-state index in [1.807, 2.05) is 24.3 Å². The fourth-order valence-electron chi connectivity index (χ4n) is 3.49. The summed E-state index contributed by atoms with van der Waals surface area (Å²) in [7, 11) is 0. The Labute approximate surface area is 192 Å². The van der Waals surface area contributed by atoms with E-state index in [1.54, 1.807) is 30.3 Å². The maximum absolute atomic E-state index is 10.6. The van der Waals surface area contributed by atoms with Crippen molar-refractivity contribution in [2.24, 2.45) is 0 Å². The highest BCUT2D eigenvalue weighted by atomic mass is 16.5. The lowest BCUT2D eigenvalue weighted by Gasteiger charge is -2.20. The number of hydrogen-bond acceptors (Lipinski definition) is 7. The van der Waals surface area contributed by atoms with Crippen LogP contribution in [0.2, 0.25) is 0 Å². The topological polar surface area (TPSA) is 131 Å². The molecule has 0 spiro atoms. The van der Waals surface area contributed by atoms with Crippen molar-refractivity contribution in [2.45, 2.75) is 18.4 Å². The third-order valence-corrected chi connectivity index (χ3v) is 5.21. The van der Waals surface area contributed by atoms with Gasteiger partial charge < -0.3 is 35.8 Å². The molecule has 6 N–H and O–H groups in total. The minimum absolute atomic E-state index is 0.0393. The molecule has 0 aliphatic heterocycles. The number of anilines is 1. The summed E-state index contributed by atoms with van der Waals surface area (Å²) in [5.74, 6) is 0.788. The van der Waals surface area contributed by atoms with E-state index in [0.29, 0.717) is 25.2 Å². The van der Waals surface area contributed by atoms with Crippen LogP contribution in [0, 0.1) is 0 Å². The number of phenols is 3. The molecule has 1 atom stereocenters. The summed E-state index contributed by atoms with van der Waals surface area (Å²) in [4.78, 5) is 10.6. The Morgan fingerprint density at radius 1 is 0.879 bits per heavy atom. The molecular formula is C25H28N2O6. The fourth-order valence-corrected chi connectivity index (χ4v) is 3.49. The molecule has 8 nitrogen and oxygen atoms in total. The molecule has 0 heterocycles. The number of aliphatic hydroxyl groups is 1. The van der Waals surface area contributed by atoms with Crippen LogP contribution in [0.15, 0.2) is 66.7 Å². The molecule has 3 aromatic carbocycles. The zero-order valence-electron chi connectivity index (χ0n) is 18.0. The SMILES string of the molecule is O=CNc1cc(OC[C@@H](O)CNCCC(c2ccc(O)cc2)c2ccc(O)cc2)ccc1O. The number of aliphatic hydroxyl groups excluding tert-OH is 1. The maximum Gasteiger partial charge on any atom is 0.211 e. The predicted molar refractivity (Wildman–Crippen MR) is 125 cm³/mol. The number of hydrogen-bond donors (Lipinski definition) is 6. The molecule has 0 radical (unpaired) electrons. The van der Waals surface area contributed by atoms with Crippen LogP contribution in [0.25, 0.3) is 0 Å². The largest absolute Gasteiger partial charge is 0.508 e. The Morgan fingerprint density at radius 3 is 2.06 bits per heavy atom. The van der Waals surface area contributed by atoms with Gasteiger partial charge in [-0.05, 0) is 60.5 Å². The van der Waals surface area contributed by atoms with Crippen molar-refractivity contribution in [3.63, 3.8) is 0 Å². The summed E-state index contributed by atoms with van der Waals surface area (Å²) in [5.41, 5.74) is 2.30. The van der Waals surface area contributed by atoms with Gasteiger partial charge in [0, 0.05) is 18.5 Å². The predicted octanol–water partition coefficient (Wildman–Crippen LogP) is 2.92. The quantitative estimate of drug-likeness (QED) is 0.141. The van der Waals surface area contributed by atoms with Gasteiger partial charge in [0.2, 0.25) is 6.41 Å². The van der Waals surface area contributed by atoms with Gasteiger partial charge in [-0.3, -0.25) is 4.79 Å². The molecule has 0 aromatic heterocycles. The van der Waals surface area contributed by atoms with Crippen LogP contribution >= 0.6 is 0 Å². The van der Waals surface area contributed by atoms with Gasteiger partial charge in [-0.2, -0.15) is 0 Å². The number of carbonyl (C=O) groups excluding carboxylic acids is 1. The van der Waals surface area contributed by atoms with Crippen molar-refractivity contribution < 1.29 is 30.0 Å². The highest BCUT2D eigenvalue weighted by Crippen LogP contribution is 2.30. The van der Waals surface area contributed by atoms with Crippen molar-refractivity contribution >= 4 is 12.1 Å².